The van der Waals surface area contributed by atoms with Crippen molar-refractivity contribution < 1.29 is 13.2 Å². The van der Waals surface area contributed by atoms with Gasteiger partial charge in [-0.15, -0.1) is 0 Å². The van der Waals surface area contributed by atoms with E-state index in [1.54, 1.807) is 10.4 Å². The SMILES string of the molecule is Cc1ccccc1C(=O)NCCN(C1CCCCC1)S(C)(=O)=O. The Bertz CT molecular complexity index is 637. The number of carbonyl (C=O) groups excluding carboxylic acids is 1. The summed E-state index contributed by atoms with van der Waals surface area (Å²) >= 11 is 0. The summed E-state index contributed by atoms with van der Waals surface area (Å²) in [5, 5.41) is 2.84. The number of aryl methyl sites for hydroxylation is 1. The summed E-state index contributed by atoms with van der Waals surface area (Å²) in [7, 11) is -3.25. The zero-order valence-corrected chi connectivity index (χ0v) is 14.7. The molecule has 0 saturated heterocycles. The molecule has 0 bridgehead atoms. The van der Waals surface area contributed by atoms with Crippen LogP contribution in [0.25, 0.3) is 0 Å². The van der Waals surface area contributed by atoms with Gasteiger partial charge in [-0.05, 0) is 31.4 Å². The fraction of sp³-hybridized carbons (Fsp3) is 0.588. The molecule has 1 aromatic carbocycles. The first kappa shape index (κ1) is 17.9. The van der Waals surface area contributed by atoms with Crippen LogP contribution in [0, 0.1) is 6.92 Å². The predicted molar refractivity (Wildman–Crippen MR) is 91.9 cm³/mol. The van der Waals surface area contributed by atoms with Gasteiger partial charge in [0.15, 0.2) is 0 Å². The fourth-order valence-corrected chi connectivity index (χ4v) is 4.37. The zero-order valence-electron chi connectivity index (χ0n) is 13.9. The monoisotopic (exact) mass is 338 g/mol. The van der Waals surface area contributed by atoms with E-state index >= 15 is 0 Å². The van der Waals surface area contributed by atoms with E-state index in [0.29, 0.717) is 18.7 Å². The molecular weight excluding hydrogens is 312 g/mol. The van der Waals surface area contributed by atoms with Crippen LogP contribution in [-0.4, -0.2) is 44.0 Å². The van der Waals surface area contributed by atoms with Crippen molar-refractivity contribution in [2.45, 2.75) is 45.1 Å². The molecule has 0 aliphatic heterocycles. The maximum atomic E-state index is 12.2. The summed E-state index contributed by atoms with van der Waals surface area (Å²) in [6.45, 7) is 2.55. The Morgan fingerprint density at radius 1 is 1.22 bits per heavy atom. The molecule has 1 saturated carbocycles. The number of benzene rings is 1. The molecule has 128 valence electrons. The highest BCUT2D eigenvalue weighted by Crippen LogP contribution is 2.24. The van der Waals surface area contributed by atoms with Crippen LogP contribution in [0.2, 0.25) is 0 Å². The van der Waals surface area contributed by atoms with Crippen LogP contribution in [-0.2, 0) is 10.0 Å². The summed E-state index contributed by atoms with van der Waals surface area (Å²) in [6, 6.07) is 7.46. The third-order valence-electron chi connectivity index (χ3n) is 4.42. The summed E-state index contributed by atoms with van der Waals surface area (Å²) in [5.41, 5.74) is 1.55. The minimum atomic E-state index is -3.25. The normalized spacial score (nSPS) is 16.5. The van der Waals surface area contributed by atoms with E-state index in [-0.39, 0.29) is 11.9 Å². The molecule has 5 nitrogen and oxygen atoms in total. The number of sulfonamides is 1. The highest BCUT2D eigenvalue weighted by Gasteiger charge is 2.27. The van der Waals surface area contributed by atoms with Crippen molar-refractivity contribution in [3.63, 3.8) is 0 Å². The third-order valence-corrected chi connectivity index (χ3v) is 5.75. The molecule has 0 radical (unpaired) electrons. The lowest BCUT2D eigenvalue weighted by Crippen LogP contribution is -2.45. The van der Waals surface area contributed by atoms with E-state index < -0.39 is 10.0 Å². The Hall–Kier alpha value is -1.40. The van der Waals surface area contributed by atoms with Crippen molar-refractivity contribution in [1.29, 1.82) is 0 Å². The highest BCUT2D eigenvalue weighted by atomic mass is 32.2. The van der Waals surface area contributed by atoms with E-state index in [2.05, 4.69) is 5.32 Å². The van der Waals surface area contributed by atoms with Crippen molar-refractivity contribution in [3.05, 3.63) is 35.4 Å². The first-order valence-electron chi connectivity index (χ1n) is 8.20. The summed E-state index contributed by atoms with van der Waals surface area (Å²) in [4.78, 5) is 12.2. The molecule has 1 aliphatic rings. The molecule has 0 atom stereocenters. The Labute approximate surface area is 139 Å². The summed E-state index contributed by atoms with van der Waals surface area (Å²) in [6.07, 6.45) is 6.42. The lowest BCUT2D eigenvalue weighted by Gasteiger charge is -2.32. The number of carbonyl (C=O) groups is 1. The lowest BCUT2D eigenvalue weighted by molar-refractivity contribution is 0.0948. The minimum absolute atomic E-state index is 0.0779. The van der Waals surface area contributed by atoms with Crippen molar-refractivity contribution in [1.82, 2.24) is 9.62 Å². The van der Waals surface area contributed by atoms with Gasteiger partial charge in [-0.25, -0.2) is 8.42 Å². The van der Waals surface area contributed by atoms with Crippen LogP contribution in [0.5, 0.6) is 0 Å². The molecule has 1 aromatic rings. The molecular formula is C17H26N2O3S. The van der Waals surface area contributed by atoms with Gasteiger partial charge < -0.3 is 5.32 Å². The second-order valence-electron chi connectivity index (χ2n) is 6.24. The molecule has 0 heterocycles. The van der Waals surface area contributed by atoms with Crippen LogP contribution in [0.15, 0.2) is 24.3 Å². The predicted octanol–water partition coefficient (Wildman–Crippen LogP) is 2.32. The van der Waals surface area contributed by atoms with Crippen LogP contribution >= 0.6 is 0 Å². The molecule has 6 heteroatoms. The first-order chi connectivity index (χ1) is 10.9. The van der Waals surface area contributed by atoms with Crippen LogP contribution in [0.3, 0.4) is 0 Å². The molecule has 1 N–H and O–H groups in total. The van der Waals surface area contributed by atoms with Gasteiger partial charge in [0, 0.05) is 24.7 Å². The second-order valence-corrected chi connectivity index (χ2v) is 8.17. The topological polar surface area (TPSA) is 66.5 Å². The van der Waals surface area contributed by atoms with E-state index in [0.717, 1.165) is 31.2 Å². The van der Waals surface area contributed by atoms with Crippen molar-refractivity contribution in [2.75, 3.05) is 19.3 Å². The van der Waals surface area contributed by atoms with Gasteiger partial charge in [-0.3, -0.25) is 4.79 Å². The number of nitrogens with one attached hydrogen (secondary N) is 1. The minimum Gasteiger partial charge on any atom is -0.351 e. The largest absolute Gasteiger partial charge is 0.351 e. The molecule has 0 unspecified atom stereocenters. The fourth-order valence-electron chi connectivity index (χ4n) is 3.19. The van der Waals surface area contributed by atoms with Crippen molar-refractivity contribution in [2.24, 2.45) is 0 Å². The van der Waals surface area contributed by atoms with E-state index in [1.807, 2.05) is 25.1 Å². The van der Waals surface area contributed by atoms with Gasteiger partial charge in [0.2, 0.25) is 10.0 Å². The van der Waals surface area contributed by atoms with E-state index in [4.69, 9.17) is 0 Å². The number of nitrogens with zero attached hydrogens (tertiary/aromatic N) is 1. The van der Waals surface area contributed by atoms with Gasteiger partial charge >= 0.3 is 0 Å². The van der Waals surface area contributed by atoms with Gasteiger partial charge in [0.1, 0.15) is 0 Å². The molecule has 2 rings (SSSR count). The van der Waals surface area contributed by atoms with Gasteiger partial charge in [0.05, 0.1) is 6.26 Å². The summed E-state index contributed by atoms with van der Waals surface area (Å²) in [5.74, 6) is -0.153. The standard InChI is InChI=1S/C17H26N2O3S/c1-14-8-6-7-11-16(14)17(20)18-12-13-19(23(2,21)22)15-9-4-3-5-10-15/h6-8,11,15H,3-5,9-10,12-13H2,1-2H3,(H,18,20). The van der Waals surface area contributed by atoms with Crippen molar-refractivity contribution >= 4 is 15.9 Å². The lowest BCUT2D eigenvalue weighted by atomic mass is 9.95. The highest BCUT2D eigenvalue weighted by molar-refractivity contribution is 7.88. The third kappa shape index (κ3) is 5.04. The Morgan fingerprint density at radius 3 is 2.48 bits per heavy atom. The maximum Gasteiger partial charge on any atom is 0.251 e. The number of hydrogen-bond donors (Lipinski definition) is 1. The number of amides is 1. The molecule has 1 amide bonds. The second kappa shape index (κ2) is 7.93. The Kier molecular flexibility index (Phi) is 6.18. The average molecular weight is 338 g/mol. The molecule has 0 aromatic heterocycles. The quantitative estimate of drug-likeness (QED) is 0.865. The molecule has 1 aliphatic carbocycles. The van der Waals surface area contributed by atoms with Crippen molar-refractivity contribution in [3.8, 4) is 0 Å². The number of hydrogen-bond acceptors (Lipinski definition) is 3. The van der Waals surface area contributed by atoms with Gasteiger partial charge in [-0.2, -0.15) is 4.31 Å². The molecule has 0 spiro atoms. The zero-order chi connectivity index (χ0) is 16.9. The van der Waals surface area contributed by atoms with Crippen LogP contribution < -0.4 is 5.32 Å². The smallest absolute Gasteiger partial charge is 0.251 e. The van der Waals surface area contributed by atoms with E-state index in [1.165, 1.54) is 12.7 Å². The Balaban J connectivity index is 1.94. The average Bonchev–Trinajstić information content (AvgIpc) is 2.51. The summed E-state index contributed by atoms with van der Waals surface area (Å²) < 4.78 is 25.6. The Morgan fingerprint density at radius 2 is 1.87 bits per heavy atom. The molecule has 1 fully saturated rings. The van der Waals surface area contributed by atoms with Gasteiger partial charge in [0.25, 0.3) is 5.91 Å². The van der Waals surface area contributed by atoms with Crippen LogP contribution in [0.1, 0.15) is 48.0 Å². The maximum absolute atomic E-state index is 12.2. The van der Waals surface area contributed by atoms with Crippen LogP contribution in [0.4, 0.5) is 0 Å². The number of rotatable bonds is 6. The van der Waals surface area contributed by atoms with E-state index in [9.17, 15) is 13.2 Å². The first-order valence-corrected chi connectivity index (χ1v) is 10.0. The molecule has 23 heavy (non-hydrogen) atoms. The van der Waals surface area contributed by atoms with Gasteiger partial charge in [-0.1, -0.05) is 37.5 Å².